The Labute approximate surface area is 181 Å². The van der Waals surface area contributed by atoms with E-state index >= 15 is 0 Å². The fraction of sp³-hybridized carbons (Fsp3) is 0.462. The van der Waals surface area contributed by atoms with E-state index in [0.29, 0.717) is 25.9 Å². The smallest absolute Gasteiger partial charge is 0.242 e. The van der Waals surface area contributed by atoms with Gasteiger partial charge < -0.3 is 10.2 Å². The molecule has 0 aliphatic carbocycles. The van der Waals surface area contributed by atoms with Gasteiger partial charge in [-0.3, -0.25) is 9.59 Å². The summed E-state index contributed by atoms with van der Waals surface area (Å²) in [4.78, 5) is 28.1. The van der Waals surface area contributed by atoms with Gasteiger partial charge in [-0.15, -0.1) is 0 Å². The fourth-order valence-electron chi connectivity index (χ4n) is 3.88. The van der Waals surface area contributed by atoms with Gasteiger partial charge >= 0.3 is 0 Å². The zero-order chi connectivity index (χ0) is 22.1. The van der Waals surface area contributed by atoms with Crippen LogP contribution in [0.2, 0.25) is 0 Å². The average Bonchev–Trinajstić information content (AvgIpc) is 2.67. The molecular formula is C26H36N2O2. The van der Waals surface area contributed by atoms with E-state index in [1.165, 1.54) is 0 Å². The molecule has 0 aliphatic rings. The van der Waals surface area contributed by atoms with Crippen LogP contribution in [0.25, 0.3) is 0 Å². The van der Waals surface area contributed by atoms with Gasteiger partial charge in [0.1, 0.15) is 6.04 Å². The molecule has 2 aromatic rings. The van der Waals surface area contributed by atoms with Gasteiger partial charge in [-0.25, -0.2) is 0 Å². The van der Waals surface area contributed by atoms with E-state index in [-0.39, 0.29) is 11.8 Å². The lowest BCUT2D eigenvalue weighted by atomic mass is 10.0. The summed E-state index contributed by atoms with van der Waals surface area (Å²) in [5.41, 5.74) is 5.48. The number of amides is 2. The van der Waals surface area contributed by atoms with Crippen molar-refractivity contribution in [2.75, 3.05) is 6.54 Å². The number of carbonyl (C=O) groups excluding carboxylic acids is 2. The van der Waals surface area contributed by atoms with Crippen LogP contribution in [0, 0.1) is 20.8 Å². The normalized spacial score (nSPS) is 11.8. The van der Waals surface area contributed by atoms with Crippen LogP contribution in [0.1, 0.15) is 60.9 Å². The van der Waals surface area contributed by atoms with E-state index in [1.54, 1.807) is 4.90 Å². The lowest BCUT2D eigenvalue weighted by Gasteiger charge is -2.31. The summed E-state index contributed by atoms with van der Waals surface area (Å²) in [6.45, 7) is 11.3. The Hall–Kier alpha value is -2.62. The predicted octanol–water partition coefficient (Wildman–Crippen LogP) is 4.88. The minimum absolute atomic E-state index is 0.0148. The van der Waals surface area contributed by atoms with Crippen molar-refractivity contribution in [3.05, 3.63) is 70.3 Å². The molecule has 2 amide bonds. The van der Waals surface area contributed by atoms with Crippen molar-refractivity contribution in [2.45, 2.75) is 72.9 Å². The maximum atomic E-state index is 13.4. The largest absolute Gasteiger partial charge is 0.354 e. The Morgan fingerprint density at radius 2 is 1.60 bits per heavy atom. The van der Waals surface area contributed by atoms with Crippen molar-refractivity contribution >= 4 is 11.8 Å². The van der Waals surface area contributed by atoms with Gasteiger partial charge in [-0.2, -0.15) is 0 Å². The van der Waals surface area contributed by atoms with Crippen molar-refractivity contribution in [1.29, 1.82) is 0 Å². The Morgan fingerprint density at radius 1 is 0.933 bits per heavy atom. The molecule has 0 saturated heterocycles. The van der Waals surface area contributed by atoms with Crippen LogP contribution in [0.5, 0.6) is 0 Å². The van der Waals surface area contributed by atoms with E-state index in [1.807, 2.05) is 45.9 Å². The molecule has 1 unspecified atom stereocenters. The molecule has 0 heterocycles. The van der Waals surface area contributed by atoms with Crippen molar-refractivity contribution < 1.29 is 9.59 Å². The van der Waals surface area contributed by atoms with Gasteiger partial charge in [0.25, 0.3) is 0 Å². The van der Waals surface area contributed by atoms with E-state index in [4.69, 9.17) is 0 Å². The maximum Gasteiger partial charge on any atom is 0.242 e. The van der Waals surface area contributed by atoms with Crippen molar-refractivity contribution in [1.82, 2.24) is 10.2 Å². The molecule has 0 saturated carbocycles. The van der Waals surface area contributed by atoms with E-state index < -0.39 is 6.04 Å². The highest BCUT2D eigenvalue weighted by Crippen LogP contribution is 2.17. The summed E-state index contributed by atoms with van der Waals surface area (Å²) in [7, 11) is 0. The molecule has 0 fully saturated rings. The molecule has 1 N–H and O–H groups in total. The first-order valence-corrected chi connectivity index (χ1v) is 11.0. The zero-order valence-corrected chi connectivity index (χ0v) is 19.1. The number of benzene rings is 2. The number of unbranched alkanes of at least 4 members (excludes halogenated alkanes) is 1. The van der Waals surface area contributed by atoms with Crippen molar-refractivity contribution in [3.63, 3.8) is 0 Å². The van der Waals surface area contributed by atoms with Gasteiger partial charge in [0, 0.05) is 13.1 Å². The average molecular weight is 409 g/mol. The lowest BCUT2D eigenvalue weighted by Crippen LogP contribution is -2.49. The first kappa shape index (κ1) is 23.7. The van der Waals surface area contributed by atoms with Gasteiger partial charge in [0.15, 0.2) is 0 Å². The molecule has 0 aliphatic heterocycles. The summed E-state index contributed by atoms with van der Waals surface area (Å²) in [6.07, 6.45) is 2.85. The number of rotatable bonds is 10. The number of hydrogen-bond acceptors (Lipinski definition) is 2. The summed E-state index contributed by atoms with van der Waals surface area (Å²) in [5, 5.41) is 3.02. The summed E-state index contributed by atoms with van der Waals surface area (Å²) in [6, 6.07) is 13.9. The topological polar surface area (TPSA) is 49.4 Å². The molecule has 4 nitrogen and oxygen atoms in total. The summed E-state index contributed by atoms with van der Waals surface area (Å²) in [5.74, 6) is -0.0774. The molecule has 30 heavy (non-hydrogen) atoms. The number of nitrogens with one attached hydrogen (secondary N) is 1. The second-order valence-electron chi connectivity index (χ2n) is 8.25. The highest BCUT2D eigenvalue weighted by molar-refractivity contribution is 5.88. The quantitative estimate of drug-likeness (QED) is 0.570. The summed E-state index contributed by atoms with van der Waals surface area (Å²) < 4.78 is 0. The van der Waals surface area contributed by atoms with Gasteiger partial charge in [-0.1, -0.05) is 79.4 Å². The van der Waals surface area contributed by atoms with E-state index in [9.17, 15) is 9.59 Å². The highest BCUT2D eigenvalue weighted by Gasteiger charge is 2.28. The SMILES string of the molecule is CCCCNC(=O)C(CC)N(Cc1cccc(C)c1)C(=O)Cc1cc(C)cc(C)c1. The van der Waals surface area contributed by atoms with Gasteiger partial charge in [0.2, 0.25) is 11.8 Å². The monoisotopic (exact) mass is 408 g/mol. The first-order valence-electron chi connectivity index (χ1n) is 11.0. The lowest BCUT2D eigenvalue weighted by molar-refractivity contribution is -0.140. The third kappa shape index (κ3) is 7.01. The Morgan fingerprint density at radius 3 is 2.20 bits per heavy atom. The third-order valence-corrected chi connectivity index (χ3v) is 5.29. The second-order valence-corrected chi connectivity index (χ2v) is 8.25. The fourth-order valence-corrected chi connectivity index (χ4v) is 3.88. The molecule has 0 bridgehead atoms. The van der Waals surface area contributed by atoms with Gasteiger partial charge in [0.05, 0.1) is 6.42 Å². The molecule has 4 heteroatoms. The molecular weight excluding hydrogens is 372 g/mol. The highest BCUT2D eigenvalue weighted by atomic mass is 16.2. The number of aryl methyl sites for hydroxylation is 3. The third-order valence-electron chi connectivity index (χ3n) is 5.29. The number of nitrogens with zero attached hydrogens (tertiary/aromatic N) is 1. The number of carbonyl (C=O) groups is 2. The predicted molar refractivity (Wildman–Crippen MR) is 123 cm³/mol. The number of hydrogen-bond donors (Lipinski definition) is 1. The molecule has 0 spiro atoms. The Balaban J connectivity index is 2.28. The van der Waals surface area contributed by atoms with Crippen LogP contribution in [-0.2, 0) is 22.6 Å². The van der Waals surface area contributed by atoms with Crippen molar-refractivity contribution in [2.24, 2.45) is 0 Å². The van der Waals surface area contributed by atoms with E-state index in [2.05, 4.69) is 36.5 Å². The Kier molecular flexibility index (Phi) is 9.10. The molecule has 2 aromatic carbocycles. The van der Waals surface area contributed by atoms with Crippen LogP contribution < -0.4 is 5.32 Å². The molecule has 2 rings (SSSR count). The van der Waals surface area contributed by atoms with Crippen LogP contribution >= 0.6 is 0 Å². The molecule has 0 radical (unpaired) electrons. The van der Waals surface area contributed by atoms with Gasteiger partial charge in [-0.05, 0) is 44.7 Å². The molecule has 0 aromatic heterocycles. The van der Waals surface area contributed by atoms with E-state index in [0.717, 1.165) is 40.7 Å². The standard InChI is InChI=1S/C26H36N2O2/c1-6-8-12-27-26(30)24(7-2)28(18-22-11-9-10-19(3)14-22)25(29)17-23-15-20(4)13-21(5)16-23/h9-11,13-16,24H,6-8,12,17-18H2,1-5H3,(H,27,30). The van der Waals surface area contributed by atoms with Crippen LogP contribution in [0.4, 0.5) is 0 Å². The minimum atomic E-state index is -0.472. The summed E-state index contributed by atoms with van der Waals surface area (Å²) >= 11 is 0. The van der Waals surface area contributed by atoms with Crippen LogP contribution in [0.15, 0.2) is 42.5 Å². The Bertz CT molecular complexity index is 840. The molecule has 162 valence electrons. The first-order chi connectivity index (χ1) is 14.3. The minimum Gasteiger partial charge on any atom is -0.354 e. The zero-order valence-electron chi connectivity index (χ0n) is 19.1. The second kappa shape index (κ2) is 11.5. The van der Waals surface area contributed by atoms with Crippen LogP contribution in [-0.4, -0.2) is 29.3 Å². The van der Waals surface area contributed by atoms with Crippen LogP contribution in [0.3, 0.4) is 0 Å². The maximum absolute atomic E-state index is 13.4. The van der Waals surface area contributed by atoms with Crippen molar-refractivity contribution in [3.8, 4) is 0 Å². The molecule has 1 atom stereocenters.